The molecular formula is C13H12O4S. The summed E-state index contributed by atoms with van der Waals surface area (Å²) < 4.78 is 10.8. The number of fused-ring (bicyclic) bond motifs is 1. The van der Waals surface area contributed by atoms with Crippen molar-refractivity contribution < 1.29 is 19.1 Å². The predicted molar refractivity (Wildman–Crippen MR) is 69.3 cm³/mol. The number of rotatable bonds is 4. The molecule has 0 aliphatic heterocycles. The Hall–Kier alpha value is -1.88. The predicted octanol–water partition coefficient (Wildman–Crippen LogP) is 2.66. The third kappa shape index (κ3) is 2.22. The molecule has 1 heterocycles. The molecule has 5 heteroatoms. The zero-order chi connectivity index (χ0) is 13.1. The number of hydrogen-bond donors (Lipinski definition) is 0. The largest absolute Gasteiger partial charge is 0.495 e. The first-order chi connectivity index (χ1) is 8.67. The average molecular weight is 264 g/mol. The second kappa shape index (κ2) is 5.18. The van der Waals surface area contributed by atoms with E-state index in [1.165, 1.54) is 11.3 Å². The van der Waals surface area contributed by atoms with E-state index in [0.717, 1.165) is 10.1 Å². The van der Waals surface area contributed by atoms with Gasteiger partial charge in [-0.2, -0.15) is 0 Å². The van der Waals surface area contributed by atoms with Crippen molar-refractivity contribution in [3.63, 3.8) is 0 Å². The van der Waals surface area contributed by atoms with Crippen LogP contribution in [0.3, 0.4) is 0 Å². The number of ether oxygens (including phenoxy) is 2. The number of Topliss-reactive ketones (excluding diaryl/α,β-unsaturated/α-hetero) is 1. The average Bonchev–Trinajstić information content (AvgIpc) is 2.81. The summed E-state index contributed by atoms with van der Waals surface area (Å²) in [6.07, 6.45) is 0. The Morgan fingerprint density at radius 3 is 2.78 bits per heavy atom. The van der Waals surface area contributed by atoms with Crippen LogP contribution in [-0.2, 0) is 9.53 Å². The van der Waals surface area contributed by atoms with Crippen LogP contribution in [0.2, 0.25) is 0 Å². The van der Waals surface area contributed by atoms with Gasteiger partial charge in [0.15, 0.2) is 0 Å². The van der Waals surface area contributed by atoms with Gasteiger partial charge in [-0.15, -0.1) is 11.3 Å². The molecule has 0 unspecified atom stereocenters. The molecule has 18 heavy (non-hydrogen) atoms. The summed E-state index contributed by atoms with van der Waals surface area (Å²) in [5, 5.41) is 0.881. The van der Waals surface area contributed by atoms with E-state index in [-0.39, 0.29) is 6.61 Å². The molecule has 2 aromatic rings. The zero-order valence-electron chi connectivity index (χ0n) is 10.1. The second-order valence-corrected chi connectivity index (χ2v) is 4.59. The van der Waals surface area contributed by atoms with Crippen molar-refractivity contribution in [3.8, 4) is 5.75 Å². The van der Waals surface area contributed by atoms with E-state index in [2.05, 4.69) is 0 Å². The molecule has 4 nitrogen and oxygen atoms in total. The van der Waals surface area contributed by atoms with Crippen molar-refractivity contribution in [2.24, 2.45) is 0 Å². The van der Waals surface area contributed by atoms with Crippen molar-refractivity contribution >= 4 is 33.2 Å². The van der Waals surface area contributed by atoms with Crippen LogP contribution in [0.25, 0.3) is 10.1 Å². The molecule has 2 rings (SSSR count). The molecule has 0 atom stereocenters. The monoisotopic (exact) mass is 264 g/mol. The van der Waals surface area contributed by atoms with Crippen LogP contribution in [0.1, 0.15) is 16.6 Å². The standard InChI is InChI=1S/C13H12O4S/c1-3-17-13(15)11(14)10-7-8-5-4-6-9(16-2)12(8)18-10/h4-7H,3H2,1-2H3. The molecule has 0 amide bonds. The molecular weight excluding hydrogens is 252 g/mol. The molecule has 0 N–H and O–H groups in total. The lowest BCUT2D eigenvalue weighted by Crippen LogP contribution is -2.16. The summed E-state index contributed by atoms with van der Waals surface area (Å²) >= 11 is 1.24. The van der Waals surface area contributed by atoms with Crippen LogP contribution in [0, 0.1) is 0 Å². The fourth-order valence-electron chi connectivity index (χ4n) is 1.61. The van der Waals surface area contributed by atoms with E-state index in [4.69, 9.17) is 9.47 Å². The SMILES string of the molecule is CCOC(=O)C(=O)c1cc2cccc(OC)c2s1. The van der Waals surface area contributed by atoms with Gasteiger partial charge in [-0.1, -0.05) is 12.1 Å². The van der Waals surface area contributed by atoms with Crippen molar-refractivity contribution in [1.82, 2.24) is 0 Å². The van der Waals surface area contributed by atoms with Crippen molar-refractivity contribution in [1.29, 1.82) is 0 Å². The maximum absolute atomic E-state index is 11.8. The molecule has 1 aromatic heterocycles. The smallest absolute Gasteiger partial charge is 0.380 e. The van der Waals surface area contributed by atoms with Crippen LogP contribution >= 0.6 is 11.3 Å². The Morgan fingerprint density at radius 1 is 1.33 bits per heavy atom. The maximum Gasteiger partial charge on any atom is 0.380 e. The fourth-order valence-corrected chi connectivity index (χ4v) is 2.68. The number of carbonyl (C=O) groups is 2. The van der Waals surface area contributed by atoms with Gasteiger partial charge in [0.1, 0.15) is 5.75 Å². The molecule has 0 saturated carbocycles. The molecule has 94 valence electrons. The lowest BCUT2D eigenvalue weighted by molar-refractivity contribution is -0.137. The lowest BCUT2D eigenvalue weighted by atomic mass is 10.2. The number of esters is 1. The van der Waals surface area contributed by atoms with Gasteiger partial charge < -0.3 is 9.47 Å². The van der Waals surface area contributed by atoms with E-state index in [1.54, 1.807) is 20.1 Å². The molecule has 0 spiro atoms. The van der Waals surface area contributed by atoms with E-state index >= 15 is 0 Å². The lowest BCUT2D eigenvalue weighted by Gasteiger charge is -1.99. The van der Waals surface area contributed by atoms with Crippen LogP contribution in [-0.4, -0.2) is 25.5 Å². The highest BCUT2D eigenvalue weighted by atomic mass is 32.1. The Kier molecular flexibility index (Phi) is 3.62. The molecule has 0 aliphatic rings. The second-order valence-electron chi connectivity index (χ2n) is 3.54. The van der Waals surface area contributed by atoms with E-state index in [9.17, 15) is 9.59 Å². The Balaban J connectivity index is 2.41. The van der Waals surface area contributed by atoms with Crippen LogP contribution < -0.4 is 4.74 Å². The van der Waals surface area contributed by atoms with E-state index < -0.39 is 11.8 Å². The van der Waals surface area contributed by atoms with Gasteiger partial charge in [0.25, 0.3) is 5.78 Å². The fraction of sp³-hybridized carbons (Fsp3) is 0.231. The summed E-state index contributed by atoms with van der Waals surface area (Å²) in [5.41, 5.74) is 0. The number of ketones is 1. The number of benzene rings is 1. The molecule has 0 saturated heterocycles. The normalized spacial score (nSPS) is 10.3. The van der Waals surface area contributed by atoms with Gasteiger partial charge in [0.05, 0.1) is 23.3 Å². The number of hydrogen-bond acceptors (Lipinski definition) is 5. The van der Waals surface area contributed by atoms with Crippen molar-refractivity contribution in [3.05, 3.63) is 29.1 Å². The highest BCUT2D eigenvalue weighted by molar-refractivity contribution is 7.21. The van der Waals surface area contributed by atoms with Gasteiger partial charge in [-0.3, -0.25) is 4.79 Å². The minimum absolute atomic E-state index is 0.193. The number of methoxy groups -OCH3 is 1. The third-order valence-corrected chi connectivity index (χ3v) is 3.58. The Bertz CT molecular complexity index is 600. The van der Waals surface area contributed by atoms with Crippen molar-refractivity contribution in [2.45, 2.75) is 6.92 Å². The highest BCUT2D eigenvalue weighted by Gasteiger charge is 2.20. The zero-order valence-corrected chi connectivity index (χ0v) is 10.9. The molecule has 0 aliphatic carbocycles. The quantitative estimate of drug-likeness (QED) is 0.484. The van der Waals surface area contributed by atoms with Crippen LogP contribution in [0.4, 0.5) is 0 Å². The minimum Gasteiger partial charge on any atom is -0.495 e. The molecule has 0 radical (unpaired) electrons. The summed E-state index contributed by atoms with van der Waals surface area (Å²) in [5.74, 6) is -0.733. The van der Waals surface area contributed by atoms with E-state index in [1.807, 2.05) is 18.2 Å². The van der Waals surface area contributed by atoms with E-state index in [0.29, 0.717) is 10.6 Å². The summed E-state index contributed by atoms with van der Waals surface area (Å²) in [6.45, 7) is 1.86. The Morgan fingerprint density at radius 2 is 2.11 bits per heavy atom. The molecule has 1 aromatic carbocycles. The number of carbonyl (C=O) groups excluding carboxylic acids is 2. The number of thiophene rings is 1. The highest BCUT2D eigenvalue weighted by Crippen LogP contribution is 2.33. The Labute approximate surface area is 108 Å². The first-order valence-electron chi connectivity index (χ1n) is 5.45. The maximum atomic E-state index is 11.8. The van der Waals surface area contributed by atoms with Crippen LogP contribution in [0.5, 0.6) is 5.75 Å². The van der Waals surface area contributed by atoms with Crippen LogP contribution in [0.15, 0.2) is 24.3 Å². The van der Waals surface area contributed by atoms with Gasteiger partial charge in [0, 0.05) is 0 Å². The molecule has 0 bridgehead atoms. The van der Waals surface area contributed by atoms with Gasteiger partial charge >= 0.3 is 5.97 Å². The first kappa shape index (κ1) is 12.6. The van der Waals surface area contributed by atoms with Crippen molar-refractivity contribution in [2.75, 3.05) is 13.7 Å². The van der Waals surface area contributed by atoms with Gasteiger partial charge in [0.2, 0.25) is 0 Å². The summed E-state index contributed by atoms with van der Waals surface area (Å²) in [7, 11) is 1.57. The third-order valence-electron chi connectivity index (χ3n) is 2.41. The summed E-state index contributed by atoms with van der Waals surface area (Å²) in [6, 6.07) is 7.21. The van der Waals surface area contributed by atoms with Gasteiger partial charge in [-0.05, 0) is 24.4 Å². The topological polar surface area (TPSA) is 52.6 Å². The van der Waals surface area contributed by atoms with Gasteiger partial charge in [-0.25, -0.2) is 4.79 Å². The minimum atomic E-state index is -0.817. The first-order valence-corrected chi connectivity index (χ1v) is 6.27. The molecule has 0 fully saturated rings. The summed E-state index contributed by atoms with van der Waals surface area (Å²) in [4.78, 5) is 23.5.